The molecule has 146 valence electrons. The summed E-state index contributed by atoms with van der Waals surface area (Å²) in [5.41, 5.74) is 2.27. The Morgan fingerprint density at radius 1 is 0.857 bits per heavy atom. The lowest BCUT2D eigenvalue weighted by Crippen LogP contribution is -2.31. The summed E-state index contributed by atoms with van der Waals surface area (Å²) >= 11 is 0. The van der Waals surface area contributed by atoms with E-state index in [0.717, 1.165) is 0 Å². The van der Waals surface area contributed by atoms with E-state index in [1.165, 1.54) is 37.7 Å². The summed E-state index contributed by atoms with van der Waals surface area (Å²) in [6, 6.07) is 16.2. The maximum atomic E-state index is 12.2. The standard InChI is InChI=1S/C23H25NO4/c25-21(19-13-11-18(12-14-19)17-7-3-1-4-8-17)16-28-22(26)15-24-23(27)20-9-5-2-6-10-20/h2,5-6,9-14,17H,1,3-4,7-8,15-16H2,(H,24,27). The lowest BCUT2D eigenvalue weighted by molar-refractivity contribution is -0.141. The molecular weight excluding hydrogens is 354 g/mol. The number of nitrogens with one attached hydrogen (secondary N) is 1. The number of esters is 1. The van der Waals surface area contributed by atoms with Crippen molar-refractivity contribution in [2.24, 2.45) is 0 Å². The Balaban J connectivity index is 1.43. The molecule has 28 heavy (non-hydrogen) atoms. The minimum atomic E-state index is -0.642. The van der Waals surface area contributed by atoms with Crippen molar-refractivity contribution in [2.45, 2.75) is 38.0 Å². The van der Waals surface area contributed by atoms with Gasteiger partial charge in [-0.1, -0.05) is 61.7 Å². The van der Waals surface area contributed by atoms with Gasteiger partial charge in [0.05, 0.1) is 0 Å². The van der Waals surface area contributed by atoms with Crippen LogP contribution in [-0.2, 0) is 9.53 Å². The van der Waals surface area contributed by atoms with Crippen LogP contribution >= 0.6 is 0 Å². The SMILES string of the molecule is O=C(CNC(=O)c1ccccc1)OCC(=O)c1ccc(C2CCCCC2)cc1. The van der Waals surface area contributed by atoms with Gasteiger partial charge >= 0.3 is 5.97 Å². The second-order valence-electron chi connectivity index (χ2n) is 7.09. The number of rotatable bonds is 7. The number of benzene rings is 2. The lowest BCUT2D eigenvalue weighted by atomic mass is 9.84. The van der Waals surface area contributed by atoms with E-state index < -0.39 is 5.97 Å². The number of Topliss-reactive ketones (excluding diaryl/α,β-unsaturated/α-hetero) is 1. The van der Waals surface area contributed by atoms with Crippen LogP contribution in [-0.4, -0.2) is 30.8 Å². The molecule has 5 nitrogen and oxygen atoms in total. The van der Waals surface area contributed by atoms with Crippen LogP contribution in [0.4, 0.5) is 0 Å². The van der Waals surface area contributed by atoms with Crippen LogP contribution in [0.5, 0.6) is 0 Å². The summed E-state index contributed by atoms with van der Waals surface area (Å²) in [6.07, 6.45) is 6.26. The van der Waals surface area contributed by atoms with E-state index in [4.69, 9.17) is 4.74 Å². The monoisotopic (exact) mass is 379 g/mol. The zero-order chi connectivity index (χ0) is 19.8. The van der Waals surface area contributed by atoms with Crippen LogP contribution in [0.3, 0.4) is 0 Å². The first-order chi connectivity index (χ1) is 13.6. The molecule has 0 saturated heterocycles. The van der Waals surface area contributed by atoms with Crippen molar-refractivity contribution in [3.63, 3.8) is 0 Å². The number of carbonyl (C=O) groups is 3. The van der Waals surface area contributed by atoms with Crippen LogP contribution in [0.25, 0.3) is 0 Å². The lowest BCUT2D eigenvalue weighted by Gasteiger charge is -2.22. The summed E-state index contributed by atoms with van der Waals surface area (Å²) in [6.45, 7) is -0.607. The smallest absolute Gasteiger partial charge is 0.325 e. The van der Waals surface area contributed by atoms with E-state index in [9.17, 15) is 14.4 Å². The molecule has 1 fully saturated rings. The van der Waals surface area contributed by atoms with E-state index >= 15 is 0 Å². The van der Waals surface area contributed by atoms with Gasteiger partial charge in [0, 0.05) is 11.1 Å². The average Bonchev–Trinajstić information content (AvgIpc) is 2.77. The van der Waals surface area contributed by atoms with Crippen LogP contribution in [0, 0.1) is 0 Å². The van der Waals surface area contributed by atoms with E-state index in [0.29, 0.717) is 17.0 Å². The minimum Gasteiger partial charge on any atom is -0.456 e. The fourth-order valence-corrected chi connectivity index (χ4v) is 3.50. The molecule has 1 aliphatic carbocycles. The molecule has 1 N–H and O–H groups in total. The van der Waals surface area contributed by atoms with Gasteiger partial charge in [-0.3, -0.25) is 14.4 Å². The highest BCUT2D eigenvalue weighted by molar-refractivity contribution is 5.98. The fraction of sp³-hybridized carbons (Fsp3) is 0.348. The largest absolute Gasteiger partial charge is 0.456 e. The second kappa shape index (κ2) is 9.83. The van der Waals surface area contributed by atoms with Crippen LogP contribution < -0.4 is 5.32 Å². The van der Waals surface area contributed by atoms with Crippen molar-refractivity contribution in [1.82, 2.24) is 5.32 Å². The normalized spacial score (nSPS) is 14.3. The molecule has 0 aromatic heterocycles. The molecule has 3 rings (SSSR count). The Hall–Kier alpha value is -2.95. The first-order valence-corrected chi connectivity index (χ1v) is 9.75. The van der Waals surface area contributed by atoms with Gasteiger partial charge in [-0.15, -0.1) is 0 Å². The Bertz CT molecular complexity index is 808. The van der Waals surface area contributed by atoms with Gasteiger partial charge in [0.15, 0.2) is 12.4 Å². The van der Waals surface area contributed by atoms with Gasteiger partial charge in [0.1, 0.15) is 6.54 Å². The minimum absolute atomic E-state index is 0.252. The van der Waals surface area contributed by atoms with E-state index in [2.05, 4.69) is 5.32 Å². The number of amides is 1. The topological polar surface area (TPSA) is 72.5 Å². The molecule has 0 spiro atoms. The van der Waals surface area contributed by atoms with E-state index in [1.54, 1.807) is 42.5 Å². The van der Waals surface area contributed by atoms with Crippen molar-refractivity contribution in [1.29, 1.82) is 0 Å². The molecule has 0 aliphatic heterocycles. The third kappa shape index (κ3) is 5.52. The number of hydrogen-bond donors (Lipinski definition) is 1. The van der Waals surface area contributed by atoms with E-state index in [-0.39, 0.29) is 24.8 Å². The first kappa shape index (κ1) is 19.8. The number of hydrogen-bond acceptors (Lipinski definition) is 4. The zero-order valence-corrected chi connectivity index (χ0v) is 15.9. The van der Waals surface area contributed by atoms with Crippen LogP contribution in [0.15, 0.2) is 54.6 Å². The first-order valence-electron chi connectivity index (χ1n) is 9.75. The highest BCUT2D eigenvalue weighted by Crippen LogP contribution is 2.32. The van der Waals surface area contributed by atoms with Crippen molar-refractivity contribution in [3.05, 3.63) is 71.3 Å². The molecule has 1 saturated carbocycles. The summed E-state index contributed by atoms with van der Waals surface area (Å²) in [5, 5.41) is 2.48. The van der Waals surface area contributed by atoms with Gasteiger partial charge in [-0.05, 0) is 36.5 Å². The molecule has 0 heterocycles. The fourth-order valence-electron chi connectivity index (χ4n) is 3.50. The summed E-state index contributed by atoms with van der Waals surface area (Å²) < 4.78 is 4.99. The predicted molar refractivity (Wildman–Crippen MR) is 106 cm³/mol. The summed E-state index contributed by atoms with van der Waals surface area (Å²) in [7, 11) is 0. The van der Waals surface area contributed by atoms with Crippen molar-refractivity contribution in [2.75, 3.05) is 13.2 Å². The van der Waals surface area contributed by atoms with Crippen LogP contribution in [0.1, 0.15) is 64.3 Å². The van der Waals surface area contributed by atoms with Gasteiger partial charge in [-0.2, -0.15) is 0 Å². The third-order valence-electron chi connectivity index (χ3n) is 5.10. The average molecular weight is 379 g/mol. The Morgan fingerprint density at radius 3 is 2.21 bits per heavy atom. The molecule has 0 atom stereocenters. The highest BCUT2D eigenvalue weighted by atomic mass is 16.5. The van der Waals surface area contributed by atoms with E-state index in [1.807, 2.05) is 12.1 Å². The van der Waals surface area contributed by atoms with Gasteiger partial charge in [-0.25, -0.2) is 0 Å². The summed E-state index contributed by atoms with van der Waals surface area (Å²) in [5.74, 6) is -0.666. The van der Waals surface area contributed by atoms with Crippen molar-refractivity contribution in [3.8, 4) is 0 Å². The maximum Gasteiger partial charge on any atom is 0.325 e. The molecule has 1 aliphatic rings. The molecule has 0 radical (unpaired) electrons. The van der Waals surface area contributed by atoms with Gasteiger partial charge in [0.2, 0.25) is 0 Å². The molecule has 0 unspecified atom stereocenters. The number of ether oxygens (including phenoxy) is 1. The van der Waals surface area contributed by atoms with Crippen molar-refractivity contribution >= 4 is 17.7 Å². The van der Waals surface area contributed by atoms with Gasteiger partial charge in [0.25, 0.3) is 5.91 Å². The second-order valence-corrected chi connectivity index (χ2v) is 7.09. The molecule has 5 heteroatoms. The molecule has 2 aromatic rings. The number of carbonyl (C=O) groups excluding carboxylic acids is 3. The Kier molecular flexibility index (Phi) is 6.95. The summed E-state index contributed by atoms with van der Waals surface area (Å²) in [4.78, 5) is 35.9. The number of ketones is 1. The molecule has 1 amide bonds. The predicted octanol–water partition coefficient (Wildman–Crippen LogP) is 3.89. The Morgan fingerprint density at radius 2 is 1.54 bits per heavy atom. The molecular formula is C23H25NO4. The zero-order valence-electron chi connectivity index (χ0n) is 15.9. The maximum absolute atomic E-state index is 12.2. The quantitative estimate of drug-likeness (QED) is 0.585. The van der Waals surface area contributed by atoms with Crippen molar-refractivity contribution < 1.29 is 19.1 Å². The van der Waals surface area contributed by atoms with Crippen LogP contribution in [0.2, 0.25) is 0 Å². The van der Waals surface area contributed by atoms with Gasteiger partial charge < -0.3 is 10.1 Å². The molecule has 2 aromatic carbocycles. The third-order valence-corrected chi connectivity index (χ3v) is 5.10. The highest BCUT2D eigenvalue weighted by Gasteiger charge is 2.16. The Labute approximate surface area is 165 Å². The molecule has 0 bridgehead atoms.